The van der Waals surface area contributed by atoms with Crippen molar-refractivity contribution in [2.75, 3.05) is 26.4 Å². The van der Waals surface area contributed by atoms with Crippen molar-refractivity contribution < 1.29 is 44.2 Å². The van der Waals surface area contributed by atoms with Crippen LogP contribution in [0.15, 0.2) is 85.1 Å². The minimum absolute atomic E-state index is 0.126. The summed E-state index contributed by atoms with van der Waals surface area (Å²) in [5.41, 5.74) is 0. The maximum atomic E-state index is 12.8. The standard InChI is InChI=1S/C55H94O9/c1-3-5-7-9-11-13-15-17-19-21-22-23-24-25-26-27-29-31-33-35-37-39-41-43-45-61-47-49(48-62-55-54(60)53(59)52(58)50(46-56)64-55)63-51(57)44-42-40-38-36-34-32-30-28-20-18-16-14-12-10-8-6-4-2/h6,8,12,14-15,17-18,20-22,24-25,30,32,49-50,52-56,58-60H,3-5,7,9-11,13,16,19,23,26-29,31,33-48H2,1-2H3/b8-6-,14-12-,17-15-,20-18-,22-21-,25-24-,32-30-. The third kappa shape index (κ3) is 35.6. The highest BCUT2D eigenvalue weighted by Gasteiger charge is 2.44. The first-order chi connectivity index (χ1) is 31.4. The van der Waals surface area contributed by atoms with Gasteiger partial charge in [0, 0.05) is 13.0 Å². The van der Waals surface area contributed by atoms with E-state index in [1.807, 2.05) is 0 Å². The summed E-state index contributed by atoms with van der Waals surface area (Å²) < 4.78 is 22.9. The summed E-state index contributed by atoms with van der Waals surface area (Å²) in [4.78, 5) is 12.8. The van der Waals surface area contributed by atoms with Gasteiger partial charge in [-0.3, -0.25) is 4.79 Å². The van der Waals surface area contributed by atoms with E-state index in [1.54, 1.807) is 0 Å². The molecule has 1 aliphatic rings. The Bertz CT molecular complexity index is 1250. The van der Waals surface area contributed by atoms with Gasteiger partial charge in [0.25, 0.3) is 0 Å². The Kier molecular flexibility index (Phi) is 42.2. The fourth-order valence-corrected chi connectivity index (χ4v) is 7.31. The second-order valence-corrected chi connectivity index (χ2v) is 17.2. The lowest BCUT2D eigenvalue weighted by molar-refractivity contribution is -0.305. The number of aliphatic hydroxyl groups excluding tert-OH is 4. The third-order valence-electron chi connectivity index (χ3n) is 11.3. The number of unbranched alkanes of at least 4 members (excludes halogenated alkanes) is 18. The molecule has 0 radical (unpaired) electrons. The van der Waals surface area contributed by atoms with Crippen molar-refractivity contribution in [3.63, 3.8) is 0 Å². The molecule has 0 amide bonds. The number of ether oxygens (including phenoxy) is 4. The molecular weight excluding hydrogens is 805 g/mol. The number of esters is 1. The van der Waals surface area contributed by atoms with E-state index in [9.17, 15) is 25.2 Å². The summed E-state index contributed by atoms with van der Waals surface area (Å²) in [6.07, 6.45) is 54.7. The average Bonchev–Trinajstić information content (AvgIpc) is 3.30. The van der Waals surface area contributed by atoms with Gasteiger partial charge in [0.15, 0.2) is 6.29 Å². The van der Waals surface area contributed by atoms with Crippen LogP contribution in [0.4, 0.5) is 0 Å². The summed E-state index contributed by atoms with van der Waals surface area (Å²) in [7, 11) is 0. The summed E-state index contributed by atoms with van der Waals surface area (Å²) in [6, 6.07) is 0. The fraction of sp³-hybridized carbons (Fsp3) is 0.727. The Morgan fingerprint density at radius 1 is 0.516 bits per heavy atom. The summed E-state index contributed by atoms with van der Waals surface area (Å²) in [5, 5.41) is 40.2. The van der Waals surface area contributed by atoms with Crippen molar-refractivity contribution in [2.45, 2.75) is 230 Å². The molecule has 6 atom stereocenters. The Balaban J connectivity index is 2.23. The van der Waals surface area contributed by atoms with Gasteiger partial charge in [-0.25, -0.2) is 0 Å². The minimum atomic E-state index is -1.55. The van der Waals surface area contributed by atoms with Gasteiger partial charge >= 0.3 is 5.97 Å². The molecule has 0 aromatic carbocycles. The van der Waals surface area contributed by atoms with Crippen LogP contribution in [-0.2, 0) is 23.7 Å². The van der Waals surface area contributed by atoms with Crippen LogP contribution in [0.5, 0.6) is 0 Å². The Labute approximate surface area is 390 Å². The van der Waals surface area contributed by atoms with Crippen molar-refractivity contribution in [1.82, 2.24) is 0 Å². The average molecular weight is 899 g/mol. The normalized spacial score (nSPS) is 20.2. The van der Waals surface area contributed by atoms with Gasteiger partial charge in [0.05, 0.1) is 19.8 Å². The van der Waals surface area contributed by atoms with Gasteiger partial charge in [-0.05, 0) is 89.9 Å². The quantitative estimate of drug-likeness (QED) is 0.0268. The molecule has 1 aliphatic heterocycles. The molecule has 0 aromatic heterocycles. The first-order valence-corrected chi connectivity index (χ1v) is 25.7. The van der Waals surface area contributed by atoms with Crippen molar-refractivity contribution in [3.8, 4) is 0 Å². The molecule has 0 spiro atoms. The van der Waals surface area contributed by atoms with E-state index in [4.69, 9.17) is 18.9 Å². The fourth-order valence-electron chi connectivity index (χ4n) is 7.31. The van der Waals surface area contributed by atoms with Gasteiger partial charge in [0.1, 0.15) is 30.5 Å². The minimum Gasteiger partial charge on any atom is -0.457 e. The van der Waals surface area contributed by atoms with Crippen LogP contribution < -0.4 is 0 Å². The van der Waals surface area contributed by atoms with Crippen molar-refractivity contribution in [1.29, 1.82) is 0 Å². The zero-order valence-corrected chi connectivity index (χ0v) is 40.5. The maximum absolute atomic E-state index is 12.8. The molecule has 64 heavy (non-hydrogen) atoms. The monoisotopic (exact) mass is 899 g/mol. The molecule has 0 bridgehead atoms. The highest BCUT2D eigenvalue weighted by atomic mass is 16.7. The molecule has 1 fully saturated rings. The molecule has 0 saturated carbocycles. The van der Waals surface area contributed by atoms with E-state index < -0.39 is 43.4 Å². The predicted molar refractivity (Wildman–Crippen MR) is 265 cm³/mol. The first kappa shape index (κ1) is 59.4. The summed E-state index contributed by atoms with van der Waals surface area (Å²) >= 11 is 0. The summed E-state index contributed by atoms with van der Waals surface area (Å²) in [5.74, 6) is -0.341. The topological polar surface area (TPSA) is 135 Å². The van der Waals surface area contributed by atoms with E-state index >= 15 is 0 Å². The van der Waals surface area contributed by atoms with E-state index in [1.165, 1.54) is 83.5 Å². The second-order valence-electron chi connectivity index (χ2n) is 17.2. The smallest absolute Gasteiger partial charge is 0.306 e. The van der Waals surface area contributed by atoms with Gasteiger partial charge < -0.3 is 39.4 Å². The van der Waals surface area contributed by atoms with Crippen LogP contribution in [-0.4, -0.2) is 89.6 Å². The highest BCUT2D eigenvalue weighted by Crippen LogP contribution is 2.22. The summed E-state index contributed by atoms with van der Waals surface area (Å²) in [6.45, 7) is 4.38. The Morgan fingerprint density at radius 2 is 0.953 bits per heavy atom. The van der Waals surface area contributed by atoms with Crippen LogP contribution in [0, 0.1) is 0 Å². The number of carbonyl (C=O) groups excluding carboxylic acids is 1. The first-order valence-electron chi connectivity index (χ1n) is 25.7. The lowest BCUT2D eigenvalue weighted by Crippen LogP contribution is -2.59. The van der Waals surface area contributed by atoms with Crippen LogP contribution in [0.1, 0.15) is 194 Å². The maximum Gasteiger partial charge on any atom is 0.306 e. The van der Waals surface area contributed by atoms with Crippen LogP contribution >= 0.6 is 0 Å². The van der Waals surface area contributed by atoms with Crippen molar-refractivity contribution >= 4 is 5.97 Å². The second kappa shape index (κ2) is 45.5. The largest absolute Gasteiger partial charge is 0.457 e. The lowest BCUT2D eigenvalue weighted by atomic mass is 9.99. The third-order valence-corrected chi connectivity index (χ3v) is 11.3. The van der Waals surface area contributed by atoms with E-state index in [0.29, 0.717) is 6.61 Å². The van der Waals surface area contributed by atoms with Crippen molar-refractivity contribution in [2.24, 2.45) is 0 Å². The number of hydrogen-bond donors (Lipinski definition) is 4. The Morgan fingerprint density at radius 3 is 1.44 bits per heavy atom. The van der Waals surface area contributed by atoms with Crippen LogP contribution in [0.3, 0.4) is 0 Å². The zero-order chi connectivity index (χ0) is 46.4. The van der Waals surface area contributed by atoms with Gasteiger partial charge in [0.2, 0.25) is 0 Å². The number of rotatable bonds is 43. The molecule has 1 rings (SSSR count). The van der Waals surface area contributed by atoms with Gasteiger partial charge in [-0.1, -0.05) is 182 Å². The highest BCUT2D eigenvalue weighted by molar-refractivity contribution is 5.69. The van der Waals surface area contributed by atoms with E-state index in [-0.39, 0.29) is 25.6 Å². The molecule has 9 heteroatoms. The van der Waals surface area contributed by atoms with Gasteiger partial charge in [-0.15, -0.1) is 0 Å². The van der Waals surface area contributed by atoms with Gasteiger partial charge in [-0.2, -0.15) is 0 Å². The zero-order valence-electron chi connectivity index (χ0n) is 40.5. The molecule has 1 saturated heterocycles. The molecule has 4 N–H and O–H groups in total. The van der Waals surface area contributed by atoms with Crippen molar-refractivity contribution in [3.05, 3.63) is 85.1 Å². The lowest BCUT2D eigenvalue weighted by Gasteiger charge is -2.39. The molecule has 0 aliphatic carbocycles. The Hall–Kier alpha value is -2.63. The van der Waals surface area contributed by atoms with Crippen LogP contribution in [0.2, 0.25) is 0 Å². The van der Waals surface area contributed by atoms with E-state index in [0.717, 1.165) is 89.9 Å². The van der Waals surface area contributed by atoms with E-state index in [2.05, 4.69) is 98.9 Å². The SMILES string of the molecule is CC/C=C\C/C=C\C/C=C\C/C=C\CCCCCCC(=O)OC(COCCCCCCCCCCC/C=C\C/C=C\C/C=C\CCCCCCC)COC1OC(CO)C(O)C(O)C1O. The number of hydrogen-bond acceptors (Lipinski definition) is 9. The number of aliphatic hydroxyl groups is 4. The predicted octanol–water partition coefficient (Wildman–Crippen LogP) is 12.6. The number of allylic oxidation sites excluding steroid dienone is 14. The molecular formula is C55H94O9. The number of carbonyl (C=O) groups is 1. The molecule has 0 aromatic rings. The molecule has 6 unspecified atom stereocenters. The van der Waals surface area contributed by atoms with Crippen LogP contribution in [0.25, 0.3) is 0 Å². The molecule has 9 nitrogen and oxygen atoms in total. The molecule has 368 valence electrons. The molecule has 1 heterocycles.